The van der Waals surface area contributed by atoms with Gasteiger partial charge in [-0.15, -0.1) is 0 Å². The zero-order valence-corrected chi connectivity index (χ0v) is 8.56. The lowest BCUT2D eigenvalue weighted by Gasteiger charge is -2.01. The fraction of sp³-hybridized carbons (Fsp3) is 0.375. The average molecular weight is 213 g/mol. The second-order valence-electron chi connectivity index (χ2n) is 2.69. The van der Waals surface area contributed by atoms with E-state index in [2.05, 4.69) is 16.6 Å². The van der Waals surface area contributed by atoms with E-state index in [1.165, 1.54) is 0 Å². The number of hydrogen-bond donors (Lipinski definition) is 3. The molecule has 0 aromatic heterocycles. The molecule has 84 valence electrons. The number of nitrogens with two attached hydrogens (primary N) is 3. The molecule has 0 atom stereocenters. The molecule has 0 spiro atoms. The minimum absolute atomic E-state index is 0.0543. The number of aliphatic imine (C=N–C) groups is 2. The standard InChI is InChI=1S/C8H15N5O2/c1-5(2)6(14)15-4-3-12-8(11)13-7(9)10/h1,3-4H2,2H3,(H6,9,10,11,12,13). The van der Waals surface area contributed by atoms with Crippen molar-refractivity contribution >= 4 is 17.9 Å². The molecule has 0 aromatic rings. The highest BCUT2D eigenvalue weighted by molar-refractivity contribution is 5.92. The summed E-state index contributed by atoms with van der Waals surface area (Å²) >= 11 is 0. The molecule has 0 heterocycles. The van der Waals surface area contributed by atoms with E-state index in [1.807, 2.05) is 0 Å². The van der Waals surface area contributed by atoms with Gasteiger partial charge in [0.25, 0.3) is 0 Å². The molecule has 0 radical (unpaired) electrons. The Balaban J connectivity index is 3.85. The van der Waals surface area contributed by atoms with Crippen molar-refractivity contribution in [3.8, 4) is 0 Å². The molecule has 0 saturated carbocycles. The summed E-state index contributed by atoms with van der Waals surface area (Å²) in [4.78, 5) is 18.1. The Morgan fingerprint density at radius 1 is 1.40 bits per heavy atom. The van der Waals surface area contributed by atoms with Crippen molar-refractivity contribution < 1.29 is 9.53 Å². The number of carbonyl (C=O) groups excluding carboxylic acids is 1. The van der Waals surface area contributed by atoms with Crippen LogP contribution in [0.25, 0.3) is 0 Å². The van der Waals surface area contributed by atoms with Gasteiger partial charge in [0, 0.05) is 5.57 Å². The first kappa shape index (κ1) is 12.9. The minimum Gasteiger partial charge on any atom is -0.460 e. The molecule has 0 aromatic carbocycles. The van der Waals surface area contributed by atoms with Crippen LogP contribution in [0, 0.1) is 0 Å². The van der Waals surface area contributed by atoms with Crippen LogP contribution in [-0.4, -0.2) is 31.0 Å². The maximum Gasteiger partial charge on any atom is 0.333 e. The van der Waals surface area contributed by atoms with E-state index in [9.17, 15) is 4.79 Å². The van der Waals surface area contributed by atoms with Crippen molar-refractivity contribution in [3.63, 3.8) is 0 Å². The Labute approximate surface area is 87.7 Å². The lowest BCUT2D eigenvalue weighted by molar-refractivity contribution is -0.138. The van der Waals surface area contributed by atoms with Crippen molar-refractivity contribution in [1.29, 1.82) is 0 Å². The monoisotopic (exact) mass is 213 g/mol. The summed E-state index contributed by atoms with van der Waals surface area (Å²) in [5.41, 5.74) is 15.7. The van der Waals surface area contributed by atoms with Crippen LogP contribution in [0.3, 0.4) is 0 Å². The van der Waals surface area contributed by atoms with Crippen molar-refractivity contribution in [1.82, 2.24) is 0 Å². The van der Waals surface area contributed by atoms with Crippen LogP contribution in [0.4, 0.5) is 0 Å². The Morgan fingerprint density at radius 3 is 2.47 bits per heavy atom. The molecule has 0 saturated heterocycles. The van der Waals surface area contributed by atoms with Crippen molar-refractivity contribution in [2.75, 3.05) is 13.2 Å². The highest BCUT2D eigenvalue weighted by Crippen LogP contribution is 1.91. The van der Waals surface area contributed by atoms with Crippen LogP contribution < -0.4 is 17.2 Å². The topological polar surface area (TPSA) is 129 Å². The van der Waals surface area contributed by atoms with Crippen LogP contribution in [0.15, 0.2) is 22.1 Å². The molecule has 7 nitrogen and oxygen atoms in total. The van der Waals surface area contributed by atoms with Gasteiger partial charge in [-0.05, 0) is 6.92 Å². The highest BCUT2D eigenvalue weighted by Gasteiger charge is 2.01. The molecular weight excluding hydrogens is 198 g/mol. The summed E-state index contributed by atoms with van der Waals surface area (Å²) in [5, 5.41) is 0. The van der Waals surface area contributed by atoms with E-state index in [-0.39, 0.29) is 25.1 Å². The molecule has 0 aliphatic carbocycles. The molecule has 0 aliphatic rings. The third-order valence-electron chi connectivity index (χ3n) is 1.19. The normalized spacial score (nSPS) is 10.6. The molecule has 15 heavy (non-hydrogen) atoms. The van der Waals surface area contributed by atoms with E-state index < -0.39 is 5.97 Å². The molecule has 0 bridgehead atoms. The number of guanidine groups is 2. The van der Waals surface area contributed by atoms with Gasteiger partial charge in [-0.3, -0.25) is 0 Å². The quantitative estimate of drug-likeness (QED) is 0.175. The number of carbonyl (C=O) groups is 1. The summed E-state index contributed by atoms with van der Waals surface area (Å²) in [6, 6.07) is 0. The zero-order valence-electron chi connectivity index (χ0n) is 8.56. The number of hydrogen-bond acceptors (Lipinski definition) is 3. The predicted octanol–water partition coefficient (Wildman–Crippen LogP) is -1.31. The van der Waals surface area contributed by atoms with Crippen molar-refractivity contribution in [3.05, 3.63) is 12.2 Å². The first-order chi connectivity index (χ1) is 6.93. The molecule has 6 N–H and O–H groups in total. The Bertz CT molecular complexity index is 304. The largest absolute Gasteiger partial charge is 0.460 e. The number of ether oxygens (including phenoxy) is 1. The number of nitrogens with zero attached hydrogens (tertiary/aromatic N) is 2. The van der Waals surface area contributed by atoms with Crippen LogP contribution in [0.5, 0.6) is 0 Å². The SMILES string of the molecule is C=C(C)C(=O)OCCN=C(N)N=C(N)N. The van der Waals surface area contributed by atoms with E-state index in [1.54, 1.807) is 6.92 Å². The third-order valence-corrected chi connectivity index (χ3v) is 1.19. The Kier molecular flexibility index (Phi) is 5.53. The number of esters is 1. The van der Waals surface area contributed by atoms with Crippen LogP contribution >= 0.6 is 0 Å². The van der Waals surface area contributed by atoms with Gasteiger partial charge < -0.3 is 21.9 Å². The van der Waals surface area contributed by atoms with Gasteiger partial charge in [0.1, 0.15) is 6.61 Å². The summed E-state index contributed by atoms with van der Waals surface area (Å²) < 4.78 is 4.75. The molecule has 0 unspecified atom stereocenters. The van der Waals surface area contributed by atoms with E-state index >= 15 is 0 Å². The predicted molar refractivity (Wildman–Crippen MR) is 58.1 cm³/mol. The molecule has 0 fully saturated rings. The Morgan fingerprint density at radius 2 is 2.00 bits per heavy atom. The maximum atomic E-state index is 10.9. The second-order valence-corrected chi connectivity index (χ2v) is 2.69. The third kappa shape index (κ3) is 7.05. The van der Waals surface area contributed by atoms with E-state index in [0.717, 1.165) is 0 Å². The summed E-state index contributed by atoms with van der Waals surface area (Å²) in [6.07, 6.45) is 0. The second kappa shape index (κ2) is 6.41. The molecule has 7 heteroatoms. The van der Waals surface area contributed by atoms with Gasteiger partial charge in [-0.25, -0.2) is 9.79 Å². The fourth-order valence-corrected chi connectivity index (χ4v) is 0.589. The van der Waals surface area contributed by atoms with Crippen LogP contribution in [0.1, 0.15) is 6.92 Å². The molecule has 0 rings (SSSR count). The van der Waals surface area contributed by atoms with Gasteiger partial charge in [0.05, 0.1) is 6.54 Å². The van der Waals surface area contributed by atoms with E-state index in [4.69, 9.17) is 21.9 Å². The van der Waals surface area contributed by atoms with Gasteiger partial charge >= 0.3 is 5.97 Å². The fourth-order valence-electron chi connectivity index (χ4n) is 0.589. The lowest BCUT2D eigenvalue weighted by atomic mass is 10.4. The maximum absolute atomic E-state index is 10.9. The van der Waals surface area contributed by atoms with Gasteiger partial charge in [0.15, 0.2) is 5.96 Å². The number of rotatable bonds is 4. The van der Waals surface area contributed by atoms with Crippen molar-refractivity contribution in [2.24, 2.45) is 27.2 Å². The lowest BCUT2D eigenvalue weighted by Crippen LogP contribution is -2.26. The van der Waals surface area contributed by atoms with Crippen LogP contribution in [0.2, 0.25) is 0 Å². The minimum atomic E-state index is -0.467. The van der Waals surface area contributed by atoms with Gasteiger partial charge in [0.2, 0.25) is 5.96 Å². The first-order valence-corrected chi connectivity index (χ1v) is 4.15. The zero-order chi connectivity index (χ0) is 11.8. The molecule has 0 aliphatic heterocycles. The smallest absolute Gasteiger partial charge is 0.333 e. The Hall–Kier alpha value is -2.05. The van der Waals surface area contributed by atoms with Crippen LogP contribution in [-0.2, 0) is 9.53 Å². The van der Waals surface area contributed by atoms with E-state index in [0.29, 0.717) is 5.57 Å². The van der Waals surface area contributed by atoms with Gasteiger partial charge in [-0.2, -0.15) is 4.99 Å². The molecule has 0 amide bonds. The van der Waals surface area contributed by atoms with Crippen molar-refractivity contribution in [2.45, 2.75) is 6.92 Å². The summed E-state index contributed by atoms with van der Waals surface area (Å²) in [6.45, 7) is 5.27. The van der Waals surface area contributed by atoms with Gasteiger partial charge in [-0.1, -0.05) is 6.58 Å². The summed E-state index contributed by atoms with van der Waals surface area (Å²) in [5.74, 6) is -0.692. The highest BCUT2D eigenvalue weighted by atomic mass is 16.5. The average Bonchev–Trinajstić information content (AvgIpc) is 2.10. The first-order valence-electron chi connectivity index (χ1n) is 4.15. The summed E-state index contributed by atoms with van der Waals surface area (Å²) in [7, 11) is 0. The molecular formula is C8H15N5O2.